The molecule has 4 rings (SSSR count). The van der Waals surface area contributed by atoms with Crippen molar-refractivity contribution in [1.29, 1.82) is 0 Å². The summed E-state index contributed by atoms with van der Waals surface area (Å²) < 4.78 is 4.41. The van der Waals surface area contributed by atoms with Crippen molar-refractivity contribution in [2.24, 2.45) is 14.1 Å². The summed E-state index contributed by atoms with van der Waals surface area (Å²) in [6, 6.07) is 14.7. The molecule has 2 heterocycles. The molecule has 0 fully saturated rings. The van der Waals surface area contributed by atoms with Crippen LogP contribution in [-0.2, 0) is 14.1 Å². The molecule has 0 aliphatic rings. The molecule has 0 N–H and O–H groups in total. The molecule has 0 aliphatic carbocycles. The van der Waals surface area contributed by atoms with Crippen molar-refractivity contribution in [3.05, 3.63) is 85.6 Å². The normalized spacial score (nSPS) is 11.3. The lowest BCUT2D eigenvalue weighted by atomic mass is 10.1. The summed E-state index contributed by atoms with van der Waals surface area (Å²) >= 11 is 12.5. The van der Waals surface area contributed by atoms with Crippen LogP contribution in [0.5, 0.6) is 0 Å². The zero-order chi connectivity index (χ0) is 19.3. The van der Waals surface area contributed by atoms with Crippen LogP contribution in [0.3, 0.4) is 0 Å². The van der Waals surface area contributed by atoms with Crippen LogP contribution in [0.2, 0.25) is 10.0 Å². The first kappa shape index (κ1) is 17.6. The maximum atomic E-state index is 13.0. The summed E-state index contributed by atoms with van der Waals surface area (Å²) in [6.45, 7) is 0. The molecule has 0 spiro atoms. The first-order valence-corrected chi connectivity index (χ1v) is 8.97. The van der Waals surface area contributed by atoms with Crippen molar-refractivity contribution in [1.82, 2.24) is 13.7 Å². The van der Waals surface area contributed by atoms with Gasteiger partial charge < -0.3 is 4.57 Å². The number of hydrogen-bond donors (Lipinski definition) is 0. The van der Waals surface area contributed by atoms with E-state index in [4.69, 9.17) is 23.2 Å². The predicted octanol–water partition coefficient (Wildman–Crippen LogP) is 4.00. The van der Waals surface area contributed by atoms with Crippen LogP contribution >= 0.6 is 23.2 Å². The quantitative estimate of drug-likeness (QED) is 0.511. The van der Waals surface area contributed by atoms with Crippen molar-refractivity contribution in [2.45, 2.75) is 0 Å². The lowest BCUT2D eigenvalue weighted by Gasteiger charge is -2.12. The van der Waals surface area contributed by atoms with Gasteiger partial charge >= 0.3 is 5.69 Å². The fourth-order valence-corrected chi connectivity index (χ4v) is 3.79. The maximum absolute atomic E-state index is 13.0. The Balaban J connectivity index is 2.23. The lowest BCUT2D eigenvalue weighted by Crippen LogP contribution is -2.36. The minimum Gasteiger partial charge on any atom is -0.312 e. The first-order chi connectivity index (χ1) is 12.9. The molecule has 7 heteroatoms. The molecule has 136 valence electrons. The Labute approximate surface area is 164 Å². The largest absolute Gasteiger partial charge is 0.330 e. The van der Waals surface area contributed by atoms with E-state index in [9.17, 15) is 9.59 Å². The van der Waals surface area contributed by atoms with Crippen molar-refractivity contribution in [3.8, 4) is 16.9 Å². The zero-order valence-corrected chi connectivity index (χ0v) is 16.1. The third kappa shape index (κ3) is 2.71. The second-order valence-corrected chi connectivity index (χ2v) is 7.12. The lowest BCUT2D eigenvalue weighted by molar-refractivity contribution is 0.714. The molecule has 0 radical (unpaired) electrons. The van der Waals surface area contributed by atoms with Gasteiger partial charge in [-0.2, -0.15) is 0 Å². The molecular weight excluding hydrogens is 385 g/mol. The topological polar surface area (TPSA) is 48.9 Å². The highest BCUT2D eigenvalue weighted by molar-refractivity contribution is 6.35. The Hall–Kier alpha value is -2.76. The zero-order valence-electron chi connectivity index (χ0n) is 14.6. The fraction of sp³-hybridized carbons (Fsp3) is 0.100. The van der Waals surface area contributed by atoms with E-state index in [0.717, 1.165) is 10.1 Å². The van der Waals surface area contributed by atoms with Crippen LogP contribution in [0.25, 0.3) is 27.8 Å². The van der Waals surface area contributed by atoms with Gasteiger partial charge in [-0.3, -0.25) is 13.9 Å². The van der Waals surface area contributed by atoms with Gasteiger partial charge in [0.2, 0.25) is 0 Å². The second-order valence-electron chi connectivity index (χ2n) is 6.28. The third-order valence-electron chi connectivity index (χ3n) is 4.66. The Morgan fingerprint density at radius 1 is 0.889 bits per heavy atom. The van der Waals surface area contributed by atoms with Gasteiger partial charge in [-0.25, -0.2) is 4.79 Å². The van der Waals surface area contributed by atoms with E-state index in [-0.39, 0.29) is 11.2 Å². The van der Waals surface area contributed by atoms with Gasteiger partial charge in [0, 0.05) is 25.3 Å². The molecule has 2 aromatic carbocycles. The van der Waals surface area contributed by atoms with Crippen LogP contribution in [-0.4, -0.2) is 13.7 Å². The van der Waals surface area contributed by atoms with E-state index in [0.29, 0.717) is 32.3 Å². The van der Waals surface area contributed by atoms with Gasteiger partial charge in [0.25, 0.3) is 5.56 Å². The number of benzene rings is 2. The molecule has 0 saturated carbocycles. The third-order valence-corrected chi connectivity index (χ3v) is 5.19. The van der Waals surface area contributed by atoms with E-state index in [1.54, 1.807) is 31.4 Å². The molecule has 27 heavy (non-hydrogen) atoms. The van der Waals surface area contributed by atoms with Crippen molar-refractivity contribution in [3.63, 3.8) is 0 Å². The second kappa shape index (κ2) is 6.44. The van der Waals surface area contributed by atoms with Crippen LogP contribution in [0.1, 0.15) is 0 Å². The summed E-state index contributed by atoms with van der Waals surface area (Å²) in [5.41, 5.74) is 1.99. The highest BCUT2D eigenvalue weighted by atomic mass is 35.5. The van der Waals surface area contributed by atoms with E-state index in [2.05, 4.69) is 0 Å². The Bertz CT molecular complexity index is 1300. The Morgan fingerprint density at radius 2 is 1.59 bits per heavy atom. The van der Waals surface area contributed by atoms with E-state index < -0.39 is 0 Å². The standard InChI is InChI=1S/C20H15Cl2N3O2/c1-23-16-11-25(15-9-8-13(21)10-14(15)22)18(12-6-4-3-5-7-12)17(16)19(26)24(2)20(23)27/h3-11H,1-2H3. The molecule has 0 atom stereocenters. The van der Waals surface area contributed by atoms with Crippen LogP contribution in [0.15, 0.2) is 64.3 Å². The highest BCUT2D eigenvalue weighted by Crippen LogP contribution is 2.34. The number of fused-ring (bicyclic) bond motifs is 1. The average molecular weight is 400 g/mol. The van der Waals surface area contributed by atoms with E-state index in [1.807, 2.05) is 34.9 Å². The Kier molecular flexibility index (Phi) is 4.21. The summed E-state index contributed by atoms with van der Waals surface area (Å²) in [5, 5.41) is 1.42. The van der Waals surface area contributed by atoms with Crippen LogP contribution in [0.4, 0.5) is 0 Å². The maximum Gasteiger partial charge on any atom is 0.330 e. The minimum atomic E-state index is -0.383. The fourth-order valence-electron chi connectivity index (χ4n) is 3.29. The average Bonchev–Trinajstić information content (AvgIpc) is 3.06. The molecular formula is C20H15Cl2N3O2. The minimum absolute atomic E-state index is 0.351. The number of halogens is 2. The van der Waals surface area contributed by atoms with Crippen molar-refractivity contribution < 1.29 is 0 Å². The van der Waals surface area contributed by atoms with E-state index >= 15 is 0 Å². The number of rotatable bonds is 2. The summed E-state index contributed by atoms with van der Waals surface area (Å²) in [5.74, 6) is 0. The predicted molar refractivity (Wildman–Crippen MR) is 109 cm³/mol. The first-order valence-electron chi connectivity index (χ1n) is 8.22. The van der Waals surface area contributed by atoms with Gasteiger partial charge in [0.15, 0.2) is 0 Å². The van der Waals surface area contributed by atoms with Gasteiger partial charge in [-0.05, 0) is 23.8 Å². The van der Waals surface area contributed by atoms with Gasteiger partial charge in [-0.15, -0.1) is 0 Å². The summed E-state index contributed by atoms with van der Waals surface area (Å²) in [7, 11) is 3.12. The number of hydrogen-bond acceptors (Lipinski definition) is 2. The summed E-state index contributed by atoms with van der Waals surface area (Å²) in [6.07, 6.45) is 1.76. The van der Waals surface area contributed by atoms with Gasteiger partial charge in [0.1, 0.15) is 0 Å². The number of aryl methyl sites for hydroxylation is 1. The monoisotopic (exact) mass is 399 g/mol. The number of nitrogens with zero attached hydrogens (tertiary/aromatic N) is 3. The molecule has 0 unspecified atom stereocenters. The van der Waals surface area contributed by atoms with Gasteiger partial charge in [0.05, 0.1) is 27.3 Å². The van der Waals surface area contributed by atoms with Crippen molar-refractivity contribution >= 4 is 34.1 Å². The van der Waals surface area contributed by atoms with Crippen LogP contribution < -0.4 is 11.2 Å². The summed E-state index contributed by atoms with van der Waals surface area (Å²) in [4.78, 5) is 25.3. The molecule has 0 aliphatic heterocycles. The highest BCUT2D eigenvalue weighted by Gasteiger charge is 2.21. The molecule has 4 aromatic rings. The van der Waals surface area contributed by atoms with E-state index in [1.165, 1.54) is 11.6 Å². The molecule has 0 amide bonds. The molecule has 2 aromatic heterocycles. The van der Waals surface area contributed by atoms with Crippen molar-refractivity contribution in [2.75, 3.05) is 0 Å². The number of aromatic nitrogens is 3. The molecule has 0 saturated heterocycles. The SMILES string of the molecule is Cn1c(=O)c2c(-c3ccccc3)n(-c3ccc(Cl)cc3Cl)cc2n(C)c1=O. The Morgan fingerprint density at radius 3 is 2.26 bits per heavy atom. The molecule has 5 nitrogen and oxygen atoms in total. The smallest absolute Gasteiger partial charge is 0.312 e. The van der Waals surface area contributed by atoms with Crippen LogP contribution in [0, 0.1) is 0 Å². The molecule has 0 bridgehead atoms. The van der Waals surface area contributed by atoms with Gasteiger partial charge in [-0.1, -0.05) is 53.5 Å².